The molecule has 0 atom stereocenters. The summed E-state index contributed by atoms with van der Waals surface area (Å²) in [5.74, 6) is 1.55. The first-order valence-corrected chi connectivity index (χ1v) is 8.93. The number of hydrogen-bond acceptors (Lipinski definition) is 5. The summed E-state index contributed by atoms with van der Waals surface area (Å²) < 4.78 is 11.4. The molecule has 0 spiro atoms. The molecule has 142 valence electrons. The third-order valence-corrected chi connectivity index (χ3v) is 3.95. The van der Waals surface area contributed by atoms with Gasteiger partial charge in [0.2, 0.25) is 5.90 Å². The summed E-state index contributed by atoms with van der Waals surface area (Å²) >= 11 is 6.03. The summed E-state index contributed by atoms with van der Waals surface area (Å²) in [5.41, 5.74) is 1.24. The van der Waals surface area contributed by atoms with E-state index in [4.69, 9.17) is 21.1 Å². The van der Waals surface area contributed by atoms with Crippen LogP contribution in [0.5, 0.6) is 11.5 Å². The molecule has 0 N–H and O–H groups in total. The molecule has 3 aromatic rings. The quantitative estimate of drug-likeness (QED) is 0.228. The Morgan fingerprint density at radius 1 is 1.04 bits per heavy atom. The second kappa shape index (κ2) is 9.01. The van der Waals surface area contributed by atoms with Crippen LogP contribution >= 0.6 is 11.6 Å². The molecule has 0 saturated carbocycles. The van der Waals surface area contributed by atoms with Crippen molar-refractivity contribution in [3.8, 4) is 11.5 Å². The van der Waals surface area contributed by atoms with Gasteiger partial charge >= 0.3 is 0 Å². The lowest BCUT2D eigenvalue weighted by Crippen LogP contribution is -2.10. The molecule has 0 amide bonds. The van der Waals surface area contributed by atoms with Crippen molar-refractivity contribution in [1.82, 2.24) is 0 Å². The molecule has 6 nitrogen and oxygen atoms in total. The topological polar surface area (TPSA) is 74.0 Å². The number of nitrogens with zero attached hydrogens (tertiary/aromatic N) is 2. The first-order chi connectivity index (χ1) is 13.5. The summed E-state index contributed by atoms with van der Waals surface area (Å²) in [6.45, 7) is 2.49. The average molecular weight is 397 g/mol. The molecule has 0 fully saturated rings. The number of hydrogen-bond donors (Lipinski definition) is 0. The molecule has 0 heterocycles. The monoisotopic (exact) mass is 396 g/mol. The Hall–Kier alpha value is -3.38. The van der Waals surface area contributed by atoms with E-state index in [1.807, 2.05) is 19.1 Å². The van der Waals surface area contributed by atoms with Gasteiger partial charge in [0.15, 0.2) is 0 Å². The highest BCUT2D eigenvalue weighted by Crippen LogP contribution is 2.23. The summed E-state index contributed by atoms with van der Waals surface area (Å²) in [7, 11) is 0. The second-order valence-electron chi connectivity index (χ2n) is 5.71. The van der Waals surface area contributed by atoms with Crippen molar-refractivity contribution in [2.24, 2.45) is 4.99 Å². The van der Waals surface area contributed by atoms with Crippen molar-refractivity contribution in [3.05, 3.63) is 93.5 Å². The summed E-state index contributed by atoms with van der Waals surface area (Å²) in [5, 5.41) is 11.4. The maximum atomic E-state index is 10.9. The highest BCUT2D eigenvalue weighted by molar-refractivity contribution is 6.30. The fourth-order valence-corrected chi connectivity index (χ4v) is 2.60. The third-order valence-electron chi connectivity index (χ3n) is 3.71. The summed E-state index contributed by atoms with van der Waals surface area (Å²) in [6, 6.07) is 20.2. The van der Waals surface area contributed by atoms with E-state index >= 15 is 0 Å². The van der Waals surface area contributed by atoms with Crippen molar-refractivity contribution in [2.75, 3.05) is 6.61 Å². The van der Waals surface area contributed by atoms with Gasteiger partial charge < -0.3 is 9.47 Å². The van der Waals surface area contributed by atoms with Crippen LogP contribution in [0.4, 0.5) is 11.4 Å². The Balaban J connectivity index is 1.96. The molecule has 0 aliphatic carbocycles. The van der Waals surface area contributed by atoms with E-state index in [-0.39, 0.29) is 5.69 Å². The van der Waals surface area contributed by atoms with Crippen LogP contribution < -0.4 is 9.47 Å². The fourth-order valence-electron chi connectivity index (χ4n) is 2.41. The van der Waals surface area contributed by atoms with Crippen molar-refractivity contribution >= 4 is 28.9 Å². The number of nitro groups is 1. The Morgan fingerprint density at radius 3 is 2.36 bits per heavy atom. The maximum Gasteiger partial charge on any atom is 0.269 e. The predicted octanol–water partition coefficient (Wildman–Crippen LogP) is 5.80. The fraction of sp³-hybridized carbons (Fsp3) is 0.0952. The molecule has 3 aromatic carbocycles. The largest absolute Gasteiger partial charge is 0.494 e. The number of halogens is 1. The predicted molar refractivity (Wildman–Crippen MR) is 109 cm³/mol. The van der Waals surface area contributed by atoms with Gasteiger partial charge in [-0.25, -0.2) is 4.99 Å². The Labute approximate surface area is 167 Å². The molecule has 0 radical (unpaired) electrons. The van der Waals surface area contributed by atoms with Gasteiger partial charge in [0, 0.05) is 22.7 Å². The van der Waals surface area contributed by atoms with E-state index < -0.39 is 4.92 Å². The zero-order valence-corrected chi connectivity index (χ0v) is 15.8. The van der Waals surface area contributed by atoms with E-state index in [2.05, 4.69) is 4.99 Å². The van der Waals surface area contributed by atoms with Gasteiger partial charge in [0.1, 0.15) is 11.5 Å². The maximum absolute atomic E-state index is 10.9. The molecular weight excluding hydrogens is 380 g/mol. The SMILES string of the molecule is CCOc1ccc(N=C(Oc2cccc(Cl)c2)c2ccc([N+](=O)[O-])cc2)cc1. The van der Waals surface area contributed by atoms with Gasteiger partial charge in [-0.3, -0.25) is 10.1 Å². The Bertz CT molecular complexity index is 986. The van der Waals surface area contributed by atoms with Gasteiger partial charge in [-0.15, -0.1) is 0 Å². The molecule has 0 unspecified atom stereocenters. The lowest BCUT2D eigenvalue weighted by atomic mass is 10.2. The summed E-state index contributed by atoms with van der Waals surface area (Å²) in [6.07, 6.45) is 0. The lowest BCUT2D eigenvalue weighted by Gasteiger charge is -2.10. The van der Waals surface area contributed by atoms with Crippen LogP contribution in [0, 0.1) is 10.1 Å². The molecule has 0 aliphatic heterocycles. The minimum Gasteiger partial charge on any atom is -0.494 e. The molecule has 0 saturated heterocycles. The van der Waals surface area contributed by atoms with E-state index in [1.54, 1.807) is 48.5 Å². The van der Waals surface area contributed by atoms with Gasteiger partial charge in [-0.05, 0) is 61.5 Å². The number of rotatable bonds is 6. The molecule has 0 aliphatic rings. The third kappa shape index (κ3) is 5.08. The van der Waals surface area contributed by atoms with Crippen LogP contribution in [0.15, 0.2) is 77.8 Å². The Kier molecular flexibility index (Phi) is 6.24. The average Bonchev–Trinajstić information content (AvgIpc) is 2.69. The van der Waals surface area contributed by atoms with Crippen molar-refractivity contribution < 1.29 is 14.4 Å². The number of benzene rings is 3. The smallest absolute Gasteiger partial charge is 0.269 e. The number of aliphatic imine (C=N–C) groups is 1. The highest BCUT2D eigenvalue weighted by Gasteiger charge is 2.11. The van der Waals surface area contributed by atoms with Crippen LogP contribution in [0.3, 0.4) is 0 Å². The molecule has 28 heavy (non-hydrogen) atoms. The summed E-state index contributed by atoms with van der Waals surface area (Å²) in [4.78, 5) is 15.0. The Morgan fingerprint density at radius 2 is 1.75 bits per heavy atom. The second-order valence-corrected chi connectivity index (χ2v) is 6.14. The standard InChI is InChI=1S/C21H17ClN2O4/c1-2-27-19-12-8-17(9-13-19)23-21(28-20-5-3-4-16(22)14-20)15-6-10-18(11-7-15)24(25)26/h3-14H,2H2,1H3. The highest BCUT2D eigenvalue weighted by atomic mass is 35.5. The van der Waals surface area contributed by atoms with E-state index in [1.165, 1.54) is 12.1 Å². The number of ether oxygens (including phenoxy) is 2. The van der Waals surface area contributed by atoms with Gasteiger partial charge in [0.25, 0.3) is 5.69 Å². The van der Waals surface area contributed by atoms with E-state index in [0.29, 0.717) is 34.5 Å². The van der Waals surface area contributed by atoms with Gasteiger partial charge in [-0.2, -0.15) is 0 Å². The van der Waals surface area contributed by atoms with Gasteiger partial charge in [0.05, 0.1) is 17.2 Å². The van der Waals surface area contributed by atoms with E-state index in [0.717, 1.165) is 5.75 Å². The first kappa shape index (κ1) is 19.4. The molecular formula is C21H17ClN2O4. The minimum absolute atomic E-state index is 0.00748. The normalized spacial score (nSPS) is 11.1. The number of nitro benzene ring substituents is 1. The molecule has 7 heteroatoms. The molecule has 0 bridgehead atoms. The lowest BCUT2D eigenvalue weighted by molar-refractivity contribution is -0.384. The minimum atomic E-state index is -0.453. The van der Waals surface area contributed by atoms with Crippen LogP contribution in [0.2, 0.25) is 5.02 Å². The molecule has 3 rings (SSSR count). The van der Waals surface area contributed by atoms with Crippen molar-refractivity contribution in [2.45, 2.75) is 6.92 Å². The van der Waals surface area contributed by atoms with E-state index in [9.17, 15) is 10.1 Å². The zero-order valence-electron chi connectivity index (χ0n) is 15.0. The van der Waals surface area contributed by atoms with Gasteiger partial charge in [-0.1, -0.05) is 17.7 Å². The first-order valence-electron chi connectivity index (χ1n) is 8.55. The van der Waals surface area contributed by atoms with Crippen LogP contribution in [0.25, 0.3) is 0 Å². The number of non-ortho nitro benzene ring substituents is 1. The van der Waals surface area contributed by atoms with Crippen LogP contribution in [0.1, 0.15) is 12.5 Å². The van der Waals surface area contributed by atoms with Crippen molar-refractivity contribution in [1.29, 1.82) is 0 Å². The zero-order chi connectivity index (χ0) is 19.9. The van der Waals surface area contributed by atoms with Crippen molar-refractivity contribution in [3.63, 3.8) is 0 Å². The molecule has 0 aromatic heterocycles. The van der Waals surface area contributed by atoms with Crippen LogP contribution in [-0.2, 0) is 0 Å². The van der Waals surface area contributed by atoms with Crippen LogP contribution in [-0.4, -0.2) is 17.4 Å².